The SMILES string of the molecule is Cc1cc(C)cc(N2CCC(NS(=O)(=O)c3ccccc3F)C2=O)c1. The Balaban J connectivity index is 1.82. The molecule has 7 heteroatoms. The Labute approximate surface area is 146 Å². The van der Waals surface area contributed by atoms with Crippen molar-refractivity contribution in [3.63, 3.8) is 0 Å². The van der Waals surface area contributed by atoms with E-state index >= 15 is 0 Å². The second kappa shape index (κ2) is 6.57. The number of rotatable bonds is 4. The lowest BCUT2D eigenvalue weighted by Gasteiger charge is -2.18. The average Bonchev–Trinajstić information content (AvgIpc) is 2.87. The predicted molar refractivity (Wildman–Crippen MR) is 93.4 cm³/mol. The summed E-state index contributed by atoms with van der Waals surface area (Å²) in [5.74, 6) is -1.17. The van der Waals surface area contributed by atoms with Gasteiger partial charge in [0.1, 0.15) is 16.8 Å². The first-order chi connectivity index (χ1) is 11.8. The smallest absolute Gasteiger partial charge is 0.245 e. The van der Waals surface area contributed by atoms with Crippen LogP contribution in [-0.2, 0) is 14.8 Å². The lowest BCUT2D eigenvalue weighted by Crippen LogP contribution is -2.41. The van der Waals surface area contributed by atoms with Gasteiger partial charge in [0.25, 0.3) is 0 Å². The van der Waals surface area contributed by atoms with Crippen molar-refractivity contribution in [1.82, 2.24) is 4.72 Å². The van der Waals surface area contributed by atoms with E-state index in [0.717, 1.165) is 22.9 Å². The third-order valence-corrected chi connectivity index (χ3v) is 5.65. The fourth-order valence-electron chi connectivity index (χ4n) is 3.07. The van der Waals surface area contributed by atoms with Crippen LogP contribution in [0.5, 0.6) is 0 Å². The summed E-state index contributed by atoms with van der Waals surface area (Å²) in [6.45, 7) is 4.29. The largest absolute Gasteiger partial charge is 0.311 e. The molecule has 1 aliphatic heterocycles. The van der Waals surface area contributed by atoms with Crippen LogP contribution in [0.3, 0.4) is 0 Å². The van der Waals surface area contributed by atoms with E-state index in [9.17, 15) is 17.6 Å². The molecule has 0 saturated carbocycles. The second-order valence-electron chi connectivity index (χ2n) is 6.23. The van der Waals surface area contributed by atoms with Gasteiger partial charge in [0.05, 0.1) is 0 Å². The number of hydrogen-bond acceptors (Lipinski definition) is 3. The van der Waals surface area contributed by atoms with E-state index < -0.39 is 26.8 Å². The number of carbonyl (C=O) groups is 1. The first kappa shape index (κ1) is 17.6. The first-order valence-electron chi connectivity index (χ1n) is 7.94. The normalized spacial score (nSPS) is 18.0. The zero-order valence-corrected chi connectivity index (χ0v) is 14.8. The van der Waals surface area contributed by atoms with Gasteiger partial charge in [-0.3, -0.25) is 4.79 Å². The molecule has 2 aromatic rings. The van der Waals surface area contributed by atoms with Crippen LogP contribution in [-0.4, -0.2) is 26.9 Å². The number of nitrogens with one attached hydrogen (secondary N) is 1. The quantitative estimate of drug-likeness (QED) is 0.909. The highest BCUT2D eigenvalue weighted by atomic mass is 32.2. The summed E-state index contributed by atoms with van der Waals surface area (Å²) in [4.78, 5) is 13.7. The van der Waals surface area contributed by atoms with Crippen LogP contribution in [0.15, 0.2) is 47.4 Å². The summed E-state index contributed by atoms with van der Waals surface area (Å²) in [6, 6.07) is 9.99. The van der Waals surface area contributed by atoms with E-state index in [1.165, 1.54) is 18.2 Å². The molecule has 3 rings (SSSR count). The highest BCUT2D eigenvalue weighted by Gasteiger charge is 2.36. The van der Waals surface area contributed by atoms with Gasteiger partial charge in [-0.05, 0) is 55.7 Å². The van der Waals surface area contributed by atoms with E-state index in [1.807, 2.05) is 32.0 Å². The lowest BCUT2D eigenvalue weighted by molar-refractivity contribution is -0.118. The molecule has 0 aliphatic carbocycles. The number of aryl methyl sites for hydroxylation is 2. The summed E-state index contributed by atoms with van der Waals surface area (Å²) < 4.78 is 40.9. The molecule has 132 valence electrons. The number of anilines is 1. The van der Waals surface area contributed by atoms with Crippen molar-refractivity contribution in [2.24, 2.45) is 0 Å². The molecule has 1 atom stereocenters. The summed E-state index contributed by atoms with van der Waals surface area (Å²) in [5, 5.41) is 0. The van der Waals surface area contributed by atoms with Gasteiger partial charge in [0.15, 0.2) is 0 Å². The molecule has 0 bridgehead atoms. The Morgan fingerprint density at radius 3 is 2.40 bits per heavy atom. The van der Waals surface area contributed by atoms with Crippen LogP contribution in [0.2, 0.25) is 0 Å². The molecule has 1 heterocycles. The van der Waals surface area contributed by atoms with E-state index in [1.54, 1.807) is 4.90 Å². The molecule has 5 nitrogen and oxygen atoms in total. The van der Waals surface area contributed by atoms with Crippen LogP contribution in [0, 0.1) is 19.7 Å². The minimum absolute atomic E-state index is 0.329. The lowest BCUT2D eigenvalue weighted by atomic mass is 10.1. The Hall–Kier alpha value is -2.25. The van der Waals surface area contributed by atoms with Gasteiger partial charge in [-0.15, -0.1) is 0 Å². The second-order valence-corrected chi connectivity index (χ2v) is 7.91. The van der Waals surface area contributed by atoms with E-state index in [4.69, 9.17) is 0 Å². The summed E-state index contributed by atoms with van der Waals surface area (Å²) in [6.07, 6.45) is 0.333. The van der Waals surface area contributed by atoms with Crippen LogP contribution in [0.25, 0.3) is 0 Å². The van der Waals surface area contributed by atoms with Crippen LogP contribution in [0.4, 0.5) is 10.1 Å². The van der Waals surface area contributed by atoms with Crippen LogP contribution < -0.4 is 9.62 Å². The molecule has 1 saturated heterocycles. The molecule has 1 fully saturated rings. The fraction of sp³-hybridized carbons (Fsp3) is 0.278. The number of hydrogen-bond donors (Lipinski definition) is 1. The number of benzene rings is 2. The van der Waals surface area contributed by atoms with Gasteiger partial charge < -0.3 is 4.90 Å². The summed E-state index contributed by atoms with van der Waals surface area (Å²) in [5.41, 5.74) is 2.80. The van der Waals surface area contributed by atoms with Gasteiger partial charge >= 0.3 is 0 Å². The number of sulfonamides is 1. The fourth-order valence-corrected chi connectivity index (χ4v) is 4.37. The molecular formula is C18H19FN2O3S. The van der Waals surface area contributed by atoms with Crippen molar-refractivity contribution in [3.8, 4) is 0 Å². The van der Waals surface area contributed by atoms with Crippen LogP contribution in [0.1, 0.15) is 17.5 Å². The average molecular weight is 362 g/mol. The predicted octanol–water partition coefficient (Wildman–Crippen LogP) is 2.53. The van der Waals surface area contributed by atoms with Crippen molar-refractivity contribution < 1.29 is 17.6 Å². The number of amides is 1. The molecule has 2 aromatic carbocycles. The van der Waals surface area contributed by atoms with E-state index in [2.05, 4.69) is 4.72 Å². The minimum Gasteiger partial charge on any atom is -0.311 e. The van der Waals surface area contributed by atoms with Gasteiger partial charge in [0.2, 0.25) is 15.9 Å². The molecule has 1 aliphatic rings. The zero-order valence-electron chi connectivity index (χ0n) is 14.0. The summed E-state index contributed by atoms with van der Waals surface area (Å²) >= 11 is 0. The molecule has 0 radical (unpaired) electrons. The standard InChI is InChI=1S/C18H19FN2O3S/c1-12-9-13(2)11-14(10-12)21-8-7-16(18(21)22)20-25(23,24)17-6-4-3-5-15(17)19/h3-6,9-11,16,20H,7-8H2,1-2H3. The van der Waals surface area contributed by atoms with E-state index in [-0.39, 0.29) is 5.91 Å². The highest BCUT2D eigenvalue weighted by molar-refractivity contribution is 7.89. The molecular weight excluding hydrogens is 343 g/mol. The molecule has 1 amide bonds. The van der Waals surface area contributed by atoms with Gasteiger partial charge in [-0.1, -0.05) is 18.2 Å². The third kappa shape index (κ3) is 3.57. The summed E-state index contributed by atoms with van der Waals surface area (Å²) in [7, 11) is -4.10. The van der Waals surface area contributed by atoms with E-state index in [0.29, 0.717) is 13.0 Å². The van der Waals surface area contributed by atoms with Gasteiger partial charge in [0, 0.05) is 12.2 Å². The zero-order chi connectivity index (χ0) is 18.2. The number of nitrogens with zero attached hydrogens (tertiary/aromatic N) is 1. The van der Waals surface area contributed by atoms with Gasteiger partial charge in [-0.2, -0.15) is 4.72 Å². The first-order valence-corrected chi connectivity index (χ1v) is 9.43. The number of halogens is 1. The molecule has 25 heavy (non-hydrogen) atoms. The third-order valence-electron chi connectivity index (χ3n) is 4.15. The van der Waals surface area contributed by atoms with Gasteiger partial charge in [-0.25, -0.2) is 12.8 Å². The topological polar surface area (TPSA) is 66.5 Å². The van der Waals surface area contributed by atoms with Crippen molar-refractivity contribution in [3.05, 3.63) is 59.4 Å². The molecule has 1 unspecified atom stereocenters. The Bertz CT molecular complexity index is 907. The maximum Gasteiger partial charge on any atom is 0.245 e. The Morgan fingerprint density at radius 2 is 1.76 bits per heavy atom. The molecule has 1 N–H and O–H groups in total. The Kier molecular flexibility index (Phi) is 4.62. The maximum absolute atomic E-state index is 13.8. The van der Waals surface area contributed by atoms with Crippen molar-refractivity contribution in [1.29, 1.82) is 0 Å². The highest BCUT2D eigenvalue weighted by Crippen LogP contribution is 2.25. The maximum atomic E-state index is 13.8. The van der Waals surface area contributed by atoms with Crippen LogP contribution >= 0.6 is 0 Å². The minimum atomic E-state index is -4.10. The van der Waals surface area contributed by atoms with Crippen molar-refractivity contribution in [2.45, 2.75) is 31.2 Å². The van der Waals surface area contributed by atoms with Crippen molar-refractivity contribution >= 4 is 21.6 Å². The Morgan fingerprint density at radius 1 is 1.12 bits per heavy atom. The van der Waals surface area contributed by atoms with Crippen molar-refractivity contribution in [2.75, 3.05) is 11.4 Å². The monoisotopic (exact) mass is 362 g/mol. The molecule has 0 aromatic heterocycles. The number of carbonyl (C=O) groups excluding carboxylic acids is 1. The molecule has 0 spiro atoms.